The molecule has 1 aromatic carbocycles. The number of carbonyl (C=O) groups is 1. The third-order valence-corrected chi connectivity index (χ3v) is 4.84. The molecule has 1 atom stereocenters. The number of nitrogens with two attached hydrogens (primary N) is 1. The minimum absolute atomic E-state index is 0.0216. The number of methoxy groups -OCH3 is 1. The van der Waals surface area contributed by atoms with E-state index >= 15 is 0 Å². The standard InChI is InChI=1S/C18H27ClN2O2/c1-13(20-14-8-6-4-3-5-7-9-14)18(22)21-15-10-11-17(23-2)16(19)12-15/h10-14,20H,3-9H2,1-2H3,(H,21,22)/p+1/t13-/m1/s1. The highest BCUT2D eigenvalue weighted by Crippen LogP contribution is 2.27. The lowest BCUT2D eigenvalue weighted by molar-refractivity contribution is -0.707. The summed E-state index contributed by atoms with van der Waals surface area (Å²) in [6.07, 6.45) is 9.01. The molecule has 1 saturated carbocycles. The largest absolute Gasteiger partial charge is 0.495 e. The van der Waals surface area contributed by atoms with Gasteiger partial charge in [0, 0.05) is 5.69 Å². The van der Waals surface area contributed by atoms with Gasteiger partial charge in [-0.3, -0.25) is 4.79 Å². The van der Waals surface area contributed by atoms with Crippen LogP contribution >= 0.6 is 11.6 Å². The van der Waals surface area contributed by atoms with E-state index in [1.54, 1.807) is 19.2 Å². The van der Waals surface area contributed by atoms with Gasteiger partial charge in [0.05, 0.1) is 18.2 Å². The summed E-state index contributed by atoms with van der Waals surface area (Å²) in [5, 5.41) is 5.67. The van der Waals surface area contributed by atoms with Crippen LogP contribution in [0.4, 0.5) is 5.69 Å². The molecule has 1 aromatic rings. The van der Waals surface area contributed by atoms with E-state index in [2.05, 4.69) is 10.6 Å². The zero-order valence-corrected chi connectivity index (χ0v) is 14.9. The predicted molar refractivity (Wildman–Crippen MR) is 94.1 cm³/mol. The van der Waals surface area contributed by atoms with Crippen molar-refractivity contribution < 1.29 is 14.8 Å². The smallest absolute Gasteiger partial charge is 0.282 e. The fraction of sp³-hybridized carbons (Fsp3) is 0.611. The van der Waals surface area contributed by atoms with Gasteiger partial charge in [-0.1, -0.05) is 30.9 Å². The molecule has 0 heterocycles. The highest BCUT2D eigenvalue weighted by atomic mass is 35.5. The molecule has 1 fully saturated rings. The van der Waals surface area contributed by atoms with E-state index in [1.165, 1.54) is 44.9 Å². The molecule has 0 radical (unpaired) electrons. The molecule has 0 unspecified atom stereocenters. The van der Waals surface area contributed by atoms with Crippen molar-refractivity contribution in [3.63, 3.8) is 0 Å². The molecule has 1 aliphatic carbocycles. The van der Waals surface area contributed by atoms with Gasteiger partial charge in [-0.15, -0.1) is 0 Å². The Morgan fingerprint density at radius 1 is 1.26 bits per heavy atom. The summed E-state index contributed by atoms with van der Waals surface area (Å²) in [6.45, 7) is 1.97. The predicted octanol–water partition coefficient (Wildman–Crippen LogP) is 3.35. The molecule has 1 aliphatic rings. The van der Waals surface area contributed by atoms with Crippen LogP contribution in [0.3, 0.4) is 0 Å². The molecular weight excluding hydrogens is 312 g/mol. The van der Waals surface area contributed by atoms with Crippen molar-refractivity contribution in [2.24, 2.45) is 0 Å². The van der Waals surface area contributed by atoms with E-state index in [9.17, 15) is 4.79 Å². The second kappa shape index (κ2) is 9.14. The number of halogens is 1. The molecule has 0 saturated heterocycles. The molecule has 0 aromatic heterocycles. The highest BCUT2D eigenvalue weighted by Gasteiger charge is 2.22. The Morgan fingerprint density at radius 3 is 2.52 bits per heavy atom. The second-order valence-electron chi connectivity index (χ2n) is 6.42. The summed E-state index contributed by atoms with van der Waals surface area (Å²) in [7, 11) is 1.57. The lowest BCUT2D eigenvalue weighted by Crippen LogP contribution is -2.96. The summed E-state index contributed by atoms with van der Waals surface area (Å²) in [4.78, 5) is 12.4. The number of carbonyl (C=O) groups excluding carboxylic acids is 1. The van der Waals surface area contributed by atoms with Gasteiger partial charge in [-0.05, 0) is 50.8 Å². The third kappa shape index (κ3) is 5.70. The number of benzene rings is 1. The first-order valence-electron chi connectivity index (χ1n) is 8.59. The fourth-order valence-corrected chi connectivity index (χ4v) is 3.43. The monoisotopic (exact) mass is 339 g/mol. The Kier molecular flexibility index (Phi) is 7.18. The summed E-state index contributed by atoms with van der Waals surface area (Å²) >= 11 is 6.10. The molecule has 2 rings (SSSR count). The molecule has 23 heavy (non-hydrogen) atoms. The Hall–Kier alpha value is -1.26. The zero-order valence-electron chi connectivity index (χ0n) is 14.1. The minimum Gasteiger partial charge on any atom is -0.495 e. The Bertz CT molecular complexity index is 514. The van der Waals surface area contributed by atoms with Crippen LogP contribution in [-0.4, -0.2) is 25.1 Å². The quantitative estimate of drug-likeness (QED) is 0.864. The van der Waals surface area contributed by atoms with E-state index in [0.29, 0.717) is 22.5 Å². The molecule has 0 bridgehead atoms. The van der Waals surface area contributed by atoms with Gasteiger partial charge < -0.3 is 15.4 Å². The third-order valence-electron chi connectivity index (χ3n) is 4.54. The van der Waals surface area contributed by atoms with Crippen LogP contribution < -0.4 is 15.4 Å². The summed E-state index contributed by atoms with van der Waals surface area (Å²) in [6, 6.07) is 5.77. The van der Waals surface area contributed by atoms with Gasteiger partial charge in [-0.2, -0.15) is 0 Å². The van der Waals surface area contributed by atoms with Crippen LogP contribution in [0.5, 0.6) is 5.75 Å². The first kappa shape index (κ1) is 18.1. The van der Waals surface area contributed by atoms with Crippen LogP contribution in [-0.2, 0) is 4.79 Å². The van der Waals surface area contributed by atoms with E-state index in [0.717, 1.165) is 0 Å². The number of rotatable bonds is 5. The van der Waals surface area contributed by atoms with Crippen molar-refractivity contribution in [3.05, 3.63) is 23.2 Å². The van der Waals surface area contributed by atoms with E-state index < -0.39 is 0 Å². The molecule has 128 valence electrons. The fourth-order valence-electron chi connectivity index (χ4n) is 3.18. The summed E-state index contributed by atoms with van der Waals surface area (Å²) in [5.41, 5.74) is 0.707. The minimum atomic E-state index is -0.0969. The number of nitrogens with one attached hydrogen (secondary N) is 1. The SMILES string of the molecule is COc1ccc(NC(=O)[C@@H](C)[NH2+]C2CCCCCCC2)cc1Cl. The van der Waals surface area contributed by atoms with Gasteiger partial charge >= 0.3 is 0 Å². The van der Waals surface area contributed by atoms with Crippen molar-refractivity contribution in [2.45, 2.75) is 64.0 Å². The van der Waals surface area contributed by atoms with Gasteiger partial charge in [0.2, 0.25) is 0 Å². The number of amides is 1. The van der Waals surface area contributed by atoms with Crippen LogP contribution in [0.1, 0.15) is 51.9 Å². The van der Waals surface area contributed by atoms with Gasteiger partial charge in [0.15, 0.2) is 6.04 Å². The number of hydrogen-bond donors (Lipinski definition) is 2. The highest BCUT2D eigenvalue weighted by molar-refractivity contribution is 6.32. The maximum atomic E-state index is 12.4. The second-order valence-corrected chi connectivity index (χ2v) is 6.83. The van der Waals surface area contributed by atoms with Crippen LogP contribution in [0.2, 0.25) is 5.02 Å². The topological polar surface area (TPSA) is 54.9 Å². The number of anilines is 1. The normalized spacial score (nSPS) is 17.9. The maximum absolute atomic E-state index is 12.4. The molecule has 3 N–H and O–H groups in total. The first-order valence-corrected chi connectivity index (χ1v) is 8.97. The molecule has 4 nitrogen and oxygen atoms in total. The zero-order chi connectivity index (χ0) is 16.7. The lowest BCUT2D eigenvalue weighted by Gasteiger charge is -2.21. The first-order chi connectivity index (χ1) is 11.1. The summed E-state index contributed by atoms with van der Waals surface area (Å²) < 4.78 is 5.12. The molecule has 5 heteroatoms. The average molecular weight is 340 g/mol. The molecule has 0 spiro atoms. The van der Waals surface area contributed by atoms with Crippen LogP contribution in [0.25, 0.3) is 0 Å². The van der Waals surface area contributed by atoms with Crippen molar-refractivity contribution >= 4 is 23.2 Å². The Morgan fingerprint density at radius 2 is 1.91 bits per heavy atom. The van der Waals surface area contributed by atoms with Crippen LogP contribution in [0, 0.1) is 0 Å². The Balaban J connectivity index is 1.87. The van der Waals surface area contributed by atoms with Crippen molar-refractivity contribution in [2.75, 3.05) is 12.4 Å². The molecule has 1 amide bonds. The van der Waals surface area contributed by atoms with E-state index in [-0.39, 0.29) is 11.9 Å². The van der Waals surface area contributed by atoms with Gasteiger partial charge in [0.1, 0.15) is 5.75 Å². The van der Waals surface area contributed by atoms with E-state index in [4.69, 9.17) is 16.3 Å². The lowest BCUT2D eigenvalue weighted by atomic mass is 9.96. The average Bonchev–Trinajstić information content (AvgIpc) is 2.50. The molecule has 0 aliphatic heterocycles. The van der Waals surface area contributed by atoms with Crippen molar-refractivity contribution in [1.29, 1.82) is 0 Å². The van der Waals surface area contributed by atoms with Crippen molar-refractivity contribution in [1.82, 2.24) is 0 Å². The maximum Gasteiger partial charge on any atom is 0.282 e. The molecular formula is C18H28ClN2O2+. The van der Waals surface area contributed by atoms with E-state index in [1.807, 2.05) is 13.0 Å². The van der Waals surface area contributed by atoms with Gasteiger partial charge in [0.25, 0.3) is 5.91 Å². The number of hydrogen-bond acceptors (Lipinski definition) is 2. The van der Waals surface area contributed by atoms with Crippen molar-refractivity contribution in [3.8, 4) is 5.75 Å². The van der Waals surface area contributed by atoms with Crippen LogP contribution in [0.15, 0.2) is 18.2 Å². The Labute approximate surface area is 143 Å². The number of quaternary nitrogens is 1. The summed E-state index contributed by atoms with van der Waals surface area (Å²) in [5.74, 6) is 0.632. The number of ether oxygens (including phenoxy) is 1. The van der Waals surface area contributed by atoms with Gasteiger partial charge in [-0.25, -0.2) is 0 Å².